The van der Waals surface area contributed by atoms with Gasteiger partial charge in [-0.15, -0.1) is 0 Å². The van der Waals surface area contributed by atoms with Crippen molar-refractivity contribution in [2.24, 2.45) is 69.0 Å². The molecule has 5 saturated carbocycles. The second-order valence-corrected chi connectivity index (χ2v) is 22.4. The molecule has 0 bridgehead atoms. The summed E-state index contributed by atoms with van der Waals surface area (Å²) in [6, 6.07) is 2.43. The van der Waals surface area contributed by atoms with Gasteiger partial charge in [-0.1, -0.05) is 19.9 Å². The van der Waals surface area contributed by atoms with Gasteiger partial charge in [0, 0.05) is 47.4 Å². The van der Waals surface area contributed by atoms with Crippen LogP contribution in [-0.4, -0.2) is 106 Å². The number of Topliss-reactive ketones (excluding diaryl/α,β-unsaturated/α-hetero) is 1. The van der Waals surface area contributed by atoms with Gasteiger partial charge in [-0.05, 0) is 125 Å². The van der Waals surface area contributed by atoms with Crippen molar-refractivity contribution >= 4 is 17.7 Å². The summed E-state index contributed by atoms with van der Waals surface area (Å²) in [6.45, 7) is 9.66. The van der Waals surface area contributed by atoms with Crippen LogP contribution in [0, 0.1) is 69.0 Å². The van der Waals surface area contributed by atoms with E-state index >= 15 is 4.79 Å². The number of aliphatic hydroxyl groups excluding tert-OH is 3. The number of cyclic esters (lactones) is 2. The Hall–Kier alpha value is -2.81. The average Bonchev–Trinajstić information content (AvgIpc) is 3.60. The first-order valence-corrected chi connectivity index (χ1v) is 23.1. The van der Waals surface area contributed by atoms with Crippen LogP contribution in [0.4, 0.5) is 0 Å². The lowest BCUT2D eigenvalue weighted by Crippen LogP contribution is -2.77. The molecular formula is C47H62N2O11. The maximum absolute atomic E-state index is 15.1. The number of furan rings is 1. The smallest absolute Gasteiger partial charge is 0.339 e. The van der Waals surface area contributed by atoms with Crippen LogP contribution in [0.1, 0.15) is 103 Å². The van der Waals surface area contributed by atoms with E-state index in [0.717, 1.165) is 44.5 Å². The monoisotopic (exact) mass is 830 g/mol. The van der Waals surface area contributed by atoms with Gasteiger partial charge >= 0.3 is 11.9 Å². The highest BCUT2D eigenvalue weighted by Crippen LogP contribution is 2.81. The Bertz CT molecular complexity index is 2050. The van der Waals surface area contributed by atoms with Gasteiger partial charge in [0.15, 0.2) is 11.9 Å². The molecule has 0 amide bonds. The minimum atomic E-state index is -1.48. The third kappa shape index (κ3) is 4.48. The molecule has 326 valence electrons. The molecule has 13 heteroatoms. The molecule has 5 saturated heterocycles. The number of nitrogens with zero attached hydrogens (tertiary/aromatic N) is 1. The van der Waals surface area contributed by atoms with Gasteiger partial charge in [-0.2, -0.15) is 0 Å². The largest absolute Gasteiger partial charge is 0.469 e. The Morgan fingerprint density at radius 1 is 0.967 bits per heavy atom. The lowest BCUT2D eigenvalue weighted by atomic mass is 9.35. The molecule has 0 aromatic carbocycles. The summed E-state index contributed by atoms with van der Waals surface area (Å²) in [7, 11) is 0. The standard InChI is InChI=1S/C47H62N2O11/c1-42(2)35-34(52)36(53)44(4)33(46(35)21-57-41(55)45(40(46)60-42)12-7-23(18-45)20-50)8-11-43(3)37(58-39(54)38-47(43,44)59-38)26-10-14-56-32(26)17-29-27-15-25-9-13-49-22-48-19-30(49)28(25)16-24(27)5-6-31(29)51/h9-10,13-14,23-25,27-31,33,35-38,40,48,50-51,53H,5-8,11-12,15-22H2,1-4H3/t23-,24+,25-,27+,28-,29-,30+,31-,33+,35-,36-,37+,38-,40+,43+,44+,45+,46-,47-/m1/s1. The van der Waals surface area contributed by atoms with Gasteiger partial charge in [0.2, 0.25) is 0 Å². The summed E-state index contributed by atoms with van der Waals surface area (Å²) < 4.78 is 32.8. The van der Waals surface area contributed by atoms with Crippen molar-refractivity contribution < 1.29 is 53.1 Å². The van der Waals surface area contributed by atoms with Crippen LogP contribution in [-0.2, 0) is 39.8 Å². The highest BCUT2D eigenvalue weighted by molar-refractivity contribution is 5.92. The molecule has 10 fully saturated rings. The second kappa shape index (κ2) is 12.5. The van der Waals surface area contributed by atoms with Crippen LogP contribution in [0.3, 0.4) is 0 Å². The number of hydrogen-bond donors (Lipinski definition) is 4. The van der Waals surface area contributed by atoms with Crippen molar-refractivity contribution in [1.29, 1.82) is 0 Å². The summed E-state index contributed by atoms with van der Waals surface area (Å²) in [6.07, 6.45) is 9.07. The topological polar surface area (TPSA) is 181 Å². The van der Waals surface area contributed by atoms with E-state index < -0.39 is 81.2 Å². The molecule has 1 aromatic rings. The van der Waals surface area contributed by atoms with Crippen molar-refractivity contribution in [3.63, 3.8) is 0 Å². The highest BCUT2D eigenvalue weighted by atomic mass is 16.7. The number of esters is 2. The molecule has 60 heavy (non-hydrogen) atoms. The lowest BCUT2D eigenvalue weighted by molar-refractivity contribution is -0.264. The zero-order chi connectivity index (χ0) is 41.5. The molecule has 4 N–H and O–H groups in total. The van der Waals surface area contributed by atoms with Crippen molar-refractivity contribution in [3.8, 4) is 0 Å². The van der Waals surface area contributed by atoms with E-state index in [1.54, 1.807) is 6.26 Å². The predicted octanol–water partition coefficient (Wildman–Crippen LogP) is 3.83. The number of nitrogens with one attached hydrogen (secondary N) is 1. The van der Waals surface area contributed by atoms with E-state index in [1.165, 1.54) is 0 Å². The molecule has 5 aliphatic carbocycles. The van der Waals surface area contributed by atoms with E-state index in [9.17, 15) is 24.9 Å². The zero-order valence-electron chi connectivity index (χ0n) is 35.3. The first kappa shape index (κ1) is 38.8. The number of aliphatic hydroxyl groups is 3. The van der Waals surface area contributed by atoms with Crippen molar-refractivity contribution in [1.82, 2.24) is 10.2 Å². The first-order valence-electron chi connectivity index (χ1n) is 23.1. The maximum Gasteiger partial charge on any atom is 0.339 e. The number of carbonyl (C=O) groups excluding carboxylic acids is 3. The third-order valence-electron chi connectivity index (χ3n) is 19.9. The Labute approximate surface area is 351 Å². The number of carbonyl (C=O) groups is 3. The maximum atomic E-state index is 15.1. The number of ether oxygens (including phenoxy) is 4. The van der Waals surface area contributed by atoms with Crippen molar-refractivity contribution in [3.05, 3.63) is 35.9 Å². The fraction of sp³-hybridized carbons (Fsp3) is 0.809. The summed E-state index contributed by atoms with van der Waals surface area (Å²) in [5.41, 5.74) is -5.68. The summed E-state index contributed by atoms with van der Waals surface area (Å²) in [4.78, 5) is 45.9. The molecule has 6 aliphatic heterocycles. The Balaban J connectivity index is 0.902. The molecule has 7 heterocycles. The van der Waals surface area contributed by atoms with Gasteiger partial charge in [0.05, 0.1) is 42.1 Å². The van der Waals surface area contributed by atoms with Gasteiger partial charge < -0.3 is 43.6 Å². The first-order chi connectivity index (χ1) is 28.7. The number of allylic oxidation sites excluding steroid dienone is 1. The number of fused-ring (bicyclic) bond motifs is 6. The van der Waals surface area contributed by atoms with Crippen LogP contribution >= 0.6 is 0 Å². The van der Waals surface area contributed by atoms with Gasteiger partial charge in [-0.3, -0.25) is 14.9 Å². The Kier molecular flexibility index (Phi) is 8.07. The van der Waals surface area contributed by atoms with Gasteiger partial charge in [0.1, 0.15) is 30.2 Å². The van der Waals surface area contributed by atoms with E-state index in [0.29, 0.717) is 74.0 Å². The minimum absolute atomic E-state index is 0.0132. The molecule has 12 rings (SSSR count). The van der Waals surface area contributed by atoms with Gasteiger partial charge in [-0.25, -0.2) is 4.79 Å². The van der Waals surface area contributed by atoms with Gasteiger partial charge in [0.25, 0.3) is 0 Å². The quantitative estimate of drug-likeness (QED) is 0.254. The Morgan fingerprint density at radius 2 is 1.80 bits per heavy atom. The van der Waals surface area contributed by atoms with Crippen LogP contribution in [0.5, 0.6) is 0 Å². The number of ketones is 1. The van der Waals surface area contributed by atoms with E-state index in [1.807, 2.05) is 26.8 Å². The van der Waals surface area contributed by atoms with E-state index in [4.69, 9.17) is 23.4 Å². The molecule has 0 radical (unpaired) electrons. The minimum Gasteiger partial charge on any atom is -0.469 e. The number of epoxide rings is 1. The SMILES string of the molecule is CC1(C)O[C@H]2[C@@]3(CC[C@@H](CO)C3)C(=O)OC[C@@]23[C@@H]1C(=O)[C@@H](O)[C@]1(C)[C@@H]3CC[C@@]2(C)[C@H](c3ccoc3C[C@@H]3[C@H]4C[C@H]5C=CN6CNC[C@H]6[C@@H]5C[C@@H]4CC[C@H]3O)OC(=O)[C@H]3O[C@@]312. The van der Waals surface area contributed by atoms with Crippen molar-refractivity contribution in [2.45, 2.75) is 140 Å². The normalized spacial score (nSPS) is 54.1. The summed E-state index contributed by atoms with van der Waals surface area (Å²) >= 11 is 0. The molecule has 0 unspecified atom stereocenters. The fourth-order valence-electron chi connectivity index (χ4n) is 17.5. The molecule has 11 aliphatic rings. The third-order valence-corrected chi connectivity index (χ3v) is 19.9. The predicted molar refractivity (Wildman–Crippen MR) is 211 cm³/mol. The number of hydrogen-bond acceptors (Lipinski definition) is 13. The molecule has 19 atom stereocenters. The lowest BCUT2D eigenvalue weighted by Gasteiger charge is -2.67. The highest BCUT2D eigenvalue weighted by Gasteiger charge is 2.91. The van der Waals surface area contributed by atoms with Crippen LogP contribution in [0.2, 0.25) is 0 Å². The molecule has 3 spiro atoms. The molecule has 1 aromatic heterocycles. The fourth-order valence-corrected chi connectivity index (χ4v) is 17.5. The van der Waals surface area contributed by atoms with E-state index in [2.05, 4.69) is 29.4 Å². The average molecular weight is 831 g/mol. The summed E-state index contributed by atoms with van der Waals surface area (Å²) in [5.74, 6) is 0.153. The second-order valence-electron chi connectivity index (χ2n) is 22.4. The zero-order valence-corrected chi connectivity index (χ0v) is 35.3. The van der Waals surface area contributed by atoms with Crippen LogP contribution in [0.15, 0.2) is 29.0 Å². The molecule has 13 nitrogen and oxygen atoms in total. The summed E-state index contributed by atoms with van der Waals surface area (Å²) in [5, 5.41) is 38.2. The number of rotatable bonds is 4. The molecular weight excluding hydrogens is 769 g/mol. The Morgan fingerprint density at radius 3 is 2.60 bits per heavy atom. The van der Waals surface area contributed by atoms with E-state index in [-0.39, 0.29) is 36.8 Å². The van der Waals surface area contributed by atoms with Crippen LogP contribution < -0.4 is 5.32 Å². The van der Waals surface area contributed by atoms with Crippen LogP contribution in [0.25, 0.3) is 0 Å². The van der Waals surface area contributed by atoms with Crippen molar-refractivity contribution in [2.75, 3.05) is 26.4 Å².